The Kier molecular flexibility index (Phi) is 5.14. The topological polar surface area (TPSA) is 35.5 Å². The lowest BCUT2D eigenvalue weighted by atomic mass is 10.3. The average molecular weight is 247 g/mol. The van der Waals surface area contributed by atoms with Gasteiger partial charge >= 0.3 is 5.97 Å². The lowest BCUT2D eigenvalue weighted by Gasteiger charge is -2.01. The lowest BCUT2D eigenvalue weighted by molar-refractivity contribution is -0.131. The maximum Gasteiger partial charge on any atom is 0.308 e. The molecule has 0 aromatic heterocycles. The van der Waals surface area contributed by atoms with Crippen molar-refractivity contribution in [2.45, 2.75) is 6.92 Å². The molecule has 0 unspecified atom stereocenters. The number of hydrogen-bond acceptors (Lipinski definition) is 3. The van der Waals surface area contributed by atoms with Crippen molar-refractivity contribution in [1.82, 2.24) is 0 Å². The van der Waals surface area contributed by atoms with E-state index in [2.05, 4.69) is 0 Å². The van der Waals surface area contributed by atoms with Gasteiger partial charge in [-0.25, -0.2) is 0 Å². The first-order valence-electron chi connectivity index (χ1n) is 3.55. The van der Waals surface area contributed by atoms with Gasteiger partial charge < -0.3 is 9.47 Å². The van der Waals surface area contributed by atoms with Gasteiger partial charge in [0.05, 0.1) is 7.11 Å². The summed E-state index contributed by atoms with van der Waals surface area (Å²) in [5.41, 5.74) is 0. The van der Waals surface area contributed by atoms with Crippen LogP contribution in [0.1, 0.15) is 6.92 Å². The van der Waals surface area contributed by atoms with E-state index < -0.39 is 0 Å². The van der Waals surface area contributed by atoms with E-state index >= 15 is 0 Å². The van der Waals surface area contributed by atoms with Crippen molar-refractivity contribution >= 4 is 23.0 Å². The molecule has 0 radical (unpaired) electrons. The molecule has 0 heterocycles. The third-order valence-corrected chi connectivity index (χ3v) is 1.32. The van der Waals surface area contributed by atoms with Crippen LogP contribution in [-0.2, 0) is 4.79 Å². The molecule has 4 heteroatoms. The van der Waals surface area contributed by atoms with E-state index in [9.17, 15) is 4.79 Å². The molecule has 0 aliphatic carbocycles. The number of carbonyl (C=O) groups excluding carboxylic acids is 1. The predicted molar refractivity (Wildman–Crippen MR) is 54.6 cm³/mol. The number of hydrogen-bond donors (Lipinski definition) is 0. The smallest absolute Gasteiger partial charge is 0.308 e. The highest BCUT2D eigenvalue weighted by atomic mass is 79.9. The number of rotatable bonds is 2. The van der Waals surface area contributed by atoms with Crippen molar-refractivity contribution in [1.29, 1.82) is 0 Å². The summed E-state index contributed by atoms with van der Waals surface area (Å²) in [6.45, 7) is 1.37. The van der Waals surface area contributed by atoms with Gasteiger partial charge in [0.2, 0.25) is 0 Å². The third kappa shape index (κ3) is 3.94. The highest BCUT2D eigenvalue weighted by Crippen LogP contribution is 2.16. The molecule has 1 aromatic rings. The fourth-order valence-corrected chi connectivity index (χ4v) is 0.810. The maximum absolute atomic E-state index is 10.5. The second kappa shape index (κ2) is 5.59. The van der Waals surface area contributed by atoms with Gasteiger partial charge in [0.25, 0.3) is 0 Å². The van der Waals surface area contributed by atoms with Crippen molar-refractivity contribution in [3.63, 3.8) is 0 Å². The first-order chi connectivity index (χ1) is 5.72. The van der Waals surface area contributed by atoms with Crippen molar-refractivity contribution in [3.05, 3.63) is 24.3 Å². The molecule has 0 aliphatic rings. The van der Waals surface area contributed by atoms with E-state index in [0.717, 1.165) is 5.75 Å². The Morgan fingerprint density at radius 2 is 1.62 bits per heavy atom. The average Bonchev–Trinajstić information content (AvgIpc) is 2.05. The minimum absolute atomic E-state index is 0. The second-order valence-corrected chi connectivity index (χ2v) is 2.27. The normalized spacial score (nSPS) is 8.46. The molecule has 0 N–H and O–H groups in total. The molecule has 1 aromatic carbocycles. The monoisotopic (exact) mass is 246 g/mol. The fourth-order valence-electron chi connectivity index (χ4n) is 0.810. The molecule has 0 fully saturated rings. The molecule has 0 atom stereocenters. The summed E-state index contributed by atoms with van der Waals surface area (Å²) in [6, 6.07) is 6.83. The molecular weight excluding hydrogens is 236 g/mol. The fraction of sp³-hybridized carbons (Fsp3) is 0.222. The third-order valence-electron chi connectivity index (χ3n) is 1.32. The summed E-state index contributed by atoms with van der Waals surface area (Å²) in [7, 11) is 1.58. The van der Waals surface area contributed by atoms with E-state index in [1.807, 2.05) is 0 Å². The van der Waals surface area contributed by atoms with Gasteiger partial charge in [-0.15, -0.1) is 17.0 Å². The molecule has 0 saturated carbocycles. The van der Waals surface area contributed by atoms with Crippen LogP contribution in [-0.4, -0.2) is 13.1 Å². The summed E-state index contributed by atoms with van der Waals surface area (Å²) in [5, 5.41) is 0. The Morgan fingerprint density at radius 3 is 2.00 bits per heavy atom. The van der Waals surface area contributed by atoms with Gasteiger partial charge in [0.1, 0.15) is 11.5 Å². The maximum atomic E-state index is 10.5. The van der Waals surface area contributed by atoms with Crippen LogP contribution in [0.15, 0.2) is 24.3 Å². The summed E-state index contributed by atoms with van der Waals surface area (Å²) in [5.74, 6) is 0.953. The largest absolute Gasteiger partial charge is 0.497 e. The van der Waals surface area contributed by atoms with Crippen LogP contribution in [0.5, 0.6) is 11.5 Å². The van der Waals surface area contributed by atoms with Gasteiger partial charge in [-0.1, -0.05) is 0 Å². The van der Waals surface area contributed by atoms with Gasteiger partial charge in [0, 0.05) is 6.92 Å². The van der Waals surface area contributed by atoms with Crippen LogP contribution >= 0.6 is 17.0 Å². The molecule has 0 amide bonds. The number of ether oxygens (including phenoxy) is 2. The molecule has 13 heavy (non-hydrogen) atoms. The summed E-state index contributed by atoms with van der Waals surface area (Å²) < 4.78 is 9.75. The van der Waals surface area contributed by atoms with Crippen LogP contribution in [0.4, 0.5) is 0 Å². The number of halogens is 1. The first-order valence-corrected chi connectivity index (χ1v) is 3.55. The Morgan fingerprint density at radius 1 is 1.15 bits per heavy atom. The van der Waals surface area contributed by atoms with Gasteiger partial charge in [-0.2, -0.15) is 0 Å². The Hall–Kier alpha value is -1.03. The Balaban J connectivity index is 0.00000144. The summed E-state index contributed by atoms with van der Waals surface area (Å²) in [4.78, 5) is 10.5. The number of benzene rings is 1. The van der Waals surface area contributed by atoms with Crippen LogP contribution < -0.4 is 9.47 Å². The quantitative estimate of drug-likeness (QED) is 0.593. The number of methoxy groups -OCH3 is 1. The molecule has 0 spiro atoms. The van der Waals surface area contributed by atoms with Gasteiger partial charge in [-0.05, 0) is 24.3 Å². The molecule has 0 saturated heterocycles. The first kappa shape index (κ1) is 12.0. The summed E-state index contributed by atoms with van der Waals surface area (Å²) in [6.07, 6.45) is 0. The van der Waals surface area contributed by atoms with Crippen molar-refractivity contribution < 1.29 is 14.3 Å². The van der Waals surface area contributed by atoms with Crippen LogP contribution in [0.25, 0.3) is 0 Å². The molecule has 72 valence electrons. The van der Waals surface area contributed by atoms with Gasteiger partial charge in [0.15, 0.2) is 0 Å². The molecule has 1 rings (SSSR count). The van der Waals surface area contributed by atoms with Gasteiger partial charge in [-0.3, -0.25) is 4.79 Å². The number of carbonyl (C=O) groups is 1. The number of esters is 1. The lowest BCUT2D eigenvalue weighted by Crippen LogP contribution is -2.00. The van der Waals surface area contributed by atoms with Crippen LogP contribution in [0, 0.1) is 0 Å². The Labute approximate surface area is 87.4 Å². The van der Waals surface area contributed by atoms with Crippen LogP contribution in [0.2, 0.25) is 0 Å². The Bertz CT molecular complexity index is 269. The van der Waals surface area contributed by atoms with E-state index in [-0.39, 0.29) is 23.0 Å². The van der Waals surface area contributed by atoms with Crippen molar-refractivity contribution in [2.75, 3.05) is 7.11 Å². The summed E-state index contributed by atoms with van der Waals surface area (Å²) >= 11 is 0. The molecule has 3 nitrogen and oxygen atoms in total. The standard InChI is InChI=1S/C9H10O3.BrH/c1-7(10)12-9-5-3-8(11-2)4-6-9;/h3-6H,1-2H3;1H. The SMILES string of the molecule is Br.COc1ccc(OC(C)=O)cc1. The van der Waals surface area contributed by atoms with Crippen molar-refractivity contribution in [3.8, 4) is 11.5 Å². The van der Waals surface area contributed by atoms with E-state index in [0.29, 0.717) is 5.75 Å². The zero-order valence-corrected chi connectivity index (χ0v) is 9.16. The van der Waals surface area contributed by atoms with E-state index in [1.165, 1.54) is 6.92 Å². The van der Waals surface area contributed by atoms with Crippen molar-refractivity contribution in [2.24, 2.45) is 0 Å². The minimum atomic E-state index is -0.319. The molecule has 0 aliphatic heterocycles. The zero-order chi connectivity index (χ0) is 8.97. The highest BCUT2D eigenvalue weighted by Gasteiger charge is 1.96. The predicted octanol–water partition coefficient (Wildman–Crippen LogP) is 2.20. The minimum Gasteiger partial charge on any atom is -0.497 e. The van der Waals surface area contributed by atoms with E-state index in [1.54, 1.807) is 31.4 Å². The highest BCUT2D eigenvalue weighted by molar-refractivity contribution is 8.93. The molecule has 0 bridgehead atoms. The zero-order valence-electron chi connectivity index (χ0n) is 7.44. The second-order valence-electron chi connectivity index (χ2n) is 2.27. The molecular formula is C9H11BrO3. The van der Waals surface area contributed by atoms with E-state index in [4.69, 9.17) is 9.47 Å². The van der Waals surface area contributed by atoms with Crippen LogP contribution in [0.3, 0.4) is 0 Å².